The Morgan fingerprint density at radius 2 is 2.12 bits per heavy atom. The minimum Gasteiger partial charge on any atom is -0.394 e. The van der Waals surface area contributed by atoms with Crippen LogP contribution >= 0.6 is 0 Å². The van der Waals surface area contributed by atoms with E-state index in [9.17, 15) is 9.59 Å². The van der Waals surface area contributed by atoms with Crippen LogP contribution in [0.3, 0.4) is 0 Å². The molecule has 0 bridgehead atoms. The molecule has 3 N–H and O–H groups in total. The topological polar surface area (TPSA) is 78.4 Å². The van der Waals surface area contributed by atoms with Crippen LogP contribution in [0.15, 0.2) is 0 Å². The molecule has 1 aliphatic rings. The zero-order valence-corrected chi connectivity index (χ0v) is 9.66. The van der Waals surface area contributed by atoms with Crippen LogP contribution in [-0.4, -0.2) is 36.1 Å². The Hall–Kier alpha value is -1.10. The van der Waals surface area contributed by atoms with Crippen molar-refractivity contribution in [1.29, 1.82) is 0 Å². The van der Waals surface area contributed by atoms with E-state index in [0.717, 1.165) is 12.8 Å². The molecule has 0 aromatic rings. The fourth-order valence-electron chi connectivity index (χ4n) is 1.34. The Bertz CT molecular complexity index is 252. The third-order valence-electron chi connectivity index (χ3n) is 2.51. The van der Waals surface area contributed by atoms with E-state index in [1.165, 1.54) is 0 Å². The molecule has 1 aliphatic carbocycles. The van der Waals surface area contributed by atoms with Crippen molar-refractivity contribution in [2.24, 2.45) is 5.92 Å². The van der Waals surface area contributed by atoms with Gasteiger partial charge in [0, 0.05) is 24.9 Å². The van der Waals surface area contributed by atoms with Gasteiger partial charge in [0.05, 0.1) is 6.61 Å². The quantitative estimate of drug-likeness (QED) is 0.528. The van der Waals surface area contributed by atoms with Crippen molar-refractivity contribution in [3.8, 4) is 0 Å². The molecule has 0 aromatic heterocycles. The van der Waals surface area contributed by atoms with Gasteiger partial charge in [0.2, 0.25) is 11.8 Å². The van der Waals surface area contributed by atoms with Gasteiger partial charge in [-0.2, -0.15) is 0 Å². The van der Waals surface area contributed by atoms with Crippen molar-refractivity contribution in [3.63, 3.8) is 0 Å². The number of hydrogen-bond donors (Lipinski definition) is 3. The van der Waals surface area contributed by atoms with Crippen molar-refractivity contribution in [3.05, 3.63) is 0 Å². The molecule has 0 saturated heterocycles. The zero-order chi connectivity index (χ0) is 12.0. The molecule has 2 amide bonds. The number of amides is 2. The summed E-state index contributed by atoms with van der Waals surface area (Å²) >= 11 is 0. The lowest BCUT2D eigenvalue weighted by Crippen LogP contribution is -2.35. The van der Waals surface area contributed by atoms with Gasteiger partial charge in [-0.15, -0.1) is 0 Å². The second kappa shape index (κ2) is 6.48. The Kier molecular flexibility index (Phi) is 5.25. The lowest BCUT2D eigenvalue weighted by atomic mass is 10.2. The molecule has 5 heteroatoms. The summed E-state index contributed by atoms with van der Waals surface area (Å²) in [6.07, 6.45) is 3.03. The van der Waals surface area contributed by atoms with Crippen LogP contribution in [0.4, 0.5) is 0 Å². The molecule has 0 spiro atoms. The monoisotopic (exact) mass is 228 g/mol. The molecule has 0 aromatic carbocycles. The third kappa shape index (κ3) is 5.11. The minimum absolute atomic E-state index is 0.0514. The van der Waals surface area contributed by atoms with Gasteiger partial charge in [0.15, 0.2) is 0 Å². The summed E-state index contributed by atoms with van der Waals surface area (Å²) in [4.78, 5) is 22.5. The van der Waals surface area contributed by atoms with Crippen LogP contribution in [0.2, 0.25) is 0 Å². The smallest absolute Gasteiger partial charge is 0.223 e. The second-order valence-electron chi connectivity index (χ2n) is 4.32. The highest BCUT2D eigenvalue weighted by atomic mass is 16.3. The summed E-state index contributed by atoms with van der Waals surface area (Å²) in [7, 11) is 0. The van der Waals surface area contributed by atoms with Gasteiger partial charge in [-0.3, -0.25) is 9.59 Å². The second-order valence-corrected chi connectivity index (χ2v) is 4.32. The first-order chi connectivity index (χ1) is 7.63. The molecule has 16 heavy (non-hydrogen) atoms. The van der Waals surface area contributed by atoms with Crippen molar-refractivity contribution in [2.45, 2.75) is 38.6 Å². The molecule has 5 nitrogen and oxygen atoms in total. The van der Waals surface area contributed by atoms with E-state index < -0.39 is 0 Å². The Balaban J connectivity index is 1.97. The SMILES string of the molecule is CC(CO)NC(=O)CCCNC(=O)C1CC1. The van der Waals surface area contributed by atoms with E-state index >= 15 is 0 Å². The van der Waals surface area contributed by atoms with Gasteiger partial charge in [-0.25, -0.2) is 0 Å². The van der Waals surface area contributed by atoms with Crippen LogP contribution < -0.4 is 10.6 Å². The normalized spacial score (nSPS) is 16.6. The van der Waals surface area contributed by atoms with Gasteiger partial charge < -0.3 is 15.7 Å². The minimum atomic E-state index is -0.200. The molecular weight excluding hydrogens is 208 g/mol. The molecule has 1 unspecified atom stereocenters. The summed E-state index contributed by atoms with van der Waals surface area (Å²) in [5.41, 5.74) is 0. The van der Waals surface area contributed by atoms with Crippen LogP contribution in [-0.2, 0) is 9.59 Å². The van der Waals surface area contributed by atoms with E-state index in [1.807, 2.05) is 0 Å². The maximum absolute atomic E-state index is 11.3. The van der Waals surface area contributed by atoms with Crippen molar-refractivity contribution in [2.75, 3.05) is 13.2 Å². The Labute approximate surface area is 95.6 Å². The van der Waals surface area contributed by atoms with E-state index in [1.54, 1.807) is 6.92 Å². The highest BCUT2D eigenvalue weighted by Crippen LogP contribution is 2.28. The average Bonchev–Trinajstić information content (AvgIpc) is 3.07. The summed E-state index contributed by atoms with van der Waals surface area (Å²) in [5, 5.41) is 14.2. The summed E-state index contributed by atoms with van der Waals surface area (Å²) < 4.78 is 0. The Morgan fingerprint density at radius 1 is 1.44 bits per heavy atom. The van der Waals surface area contributed by atoms with Crippen LogP contribution in [0, 0.1) is 5.92 Å². The lowest BCUT2D eigenvalue weighted by Gasteiger charge is -2.10. The number of carbonyl (C=O) groups excluding carboxylic acids is 2. The van der Waals surface area contributed by atoms with E-state index in [4.69, 9.17) is 5.11 Å². The number of rotatable bonds is 7. The molecule has 0 radical (unpaired) electrons. The fourth-order valence-corrected chi connectivity index (χ4v) is 1.34. The summed E-state index contributed by atoms with van der Waals surface area (Å²) in [6.45, 7) is 2.24. The number of nitrogens with one attached hydrogen (secondary N) is 2. The predicted octanol–water partition coefficient (Wildman–Crippen LogP) is -0.210. The van der Waals surface area contributed by atoms with E-state index in [-0.39, 0.29) is 30.4 Å². The average molecular weight is 228 g/mol. The maximum atomic E-state index is 11.3. The number of hydrogen-bond acceptors (Lipinski definition) is 3. The largest absolute Gasteiger partial charge is 0.394 e. The fraction of sp³-hybridized carbons (Fsp3) is 0.818. The molecule has 1 rings (SSSR count). The van der Waals surface area contributed by atoms with Gasteiger partial charge in [-0.05, 0) is 26.2 Å². The molecule has 1 saturated carbocycles. The number of aliphatic hydroxyl groups is 1. The van der Waals surface area contributed by atoms with Crippen molar-refractivity contribution >= 4 is 11.8 Å². The molecule has 0 aliphatic heterocycles. The third-order valence-corrected chi connectivity index (χ3v) is 2.51. The first-order valence-electron chi connectivity index (χ1n) is 5.81. The molecular formula is C11H20N2O3. The van der Waals surface area contributed by atoms with Crippen molar-refractivity contribution in [1.82, 2.24) is 10.6 Å². The van der Waals surface area contributed by atoms with E-state index in [2.05, 4.69) is 10.6 Å². The summed E-state index contributed by atoms with van der Waals surface area (Å²) in [6, 6.07) is -0.200. The van der Waals surface area contributed by atoms with Crippen LogP contribution in [0.5, 0.6) is 0 Å². The van der Waals surface area contributed by atoms with Gasteiger partial charge in [-0.1, -0.05) is 0 Å². The molecule has 0 heterocycles. The first kappa shape index (κ1) is 13.0. The molecule has 1 fully saturated rings. The van der Waals surface area contributed by atoms with E-state index in [0.29, 0.717) is 19.4 Å². The predicted molar refractivity (Wildman–Crippen MR) is 59.7 cm³/mol. The van der Waals surface area contributed by atoms with Gasteiger partial charge in [0.1, 0.15) is 0 Å². The van der Waals surface area contributed by atoms with Gasteiger partial charge in [0.25, 0.3) is 0 Å². The highest BCUT2D eigenvalue weighted by Gasteiger charge is 2.28. The number of aliphatic hydroxyl groups excluding tert-OH is 1. The van der Waals surface area contributed by atoms with Crippen LogP contribution in [0.1, 0.15) is 32.6 Å². The molecule has 1 atom stereocenters. The summed E-state index contributed by atoms with van der Waals surface area (Å²) in [5.74, 6) is 0.259. The van der Waals surface area contributed by atoms with Gasteiger partial charge >= 0.3 is 0 Å². The zero-order valence-electron chi connectivity index (χ0n) is 9.66. The maximum Gasteiger partial charge on any atom is 0.223 e. The lowest BCUT2D eigenvalue weighted by molar-refractivity contribution is -0.124. The number of carbonyl (C=O) groups is 2. The van der Waals surface area contributed by atoms with Crippen LogP contribution in [0.25, 0.3) is 0 Å². The standard InChI is InChI=1S/C11H20N2O3/c1-8(7-14)13-10(15)3-2-6-12-11(16)9-4-5-9/h8-9,14H,2-7H2,1H3,(H,12,16)(H,13,15). The highest BCUT2D eigenvalue weighted by molar-refractivity contribution is 5.81. The van der Waals surface area contributed by atoms with Crippen molar-refractivity contribution < 1.29 is 14.7 Å². The Morgan fingerprint density at radius 3 is 2.69 bits per heavy atom. The molecule has 92 valence electrons. The first-order valence-corrected chi connectivity index (χ1v) is 5.81.